The third-order valence-corrected chi connectivity index (χ3v) is 3.65. The normalized spacial score (nSPS) is 11.1. The highest BCUT2D eigenvalue weighted by molar-refractivity contribution is 7.23. The van der Waals surface area contributed by atoms with Crippen LogP contribution in [0.2, 0.25) is 0 Å². The predicted molar refractivity (Wildman–Crippen MR) is 65.0 cm³/mol. The van der Waals surface area contributed by atoms with Crippen molar-refractivity contribution >= 4 is 26.4 Å². The second-order valence-corrected chi connectivity index (χ2v) is 5.12. The molecule has 0 saturated carbocycles. The second kappa shape index (κ2) is 3.97. The number of nitrogen functional groups attached to an aromatic ring is 1. The standard InChI is InChI=1S/C12H10F2N2S/c1-5(2)9-7(13)3-8(14)11-10(9)6(4-15)12(16)17-11/h3,5H,16H2,1-2H3. The van der Waals surface area contributed by atoms with Gasteiger partial charge in [-0.25, -0.2) is 8.78 Å². The van der Waals surface area contributed by atoms with E-state index in [9.17, 15) is 8.78 Å². The molecule has 0 fully saturated rings. The summed E-state index contributed by atoms with van der Waals surface area (Å²) in [5.74, 6) is -1.43. The highest BCUT2D eigenvalue weighted by atomic mass is 32.1. The van der Waals surface area contributed by atoms with Crippen molar-refractivity contribution in [1.29, 1.82) is 5.26 Å². The summed E-state index contributed by atoms with van der Waals surface area (Å²) in [6.07, 6.45) is 0. The molecule has 0 unspecified atom stereocenters. The molecule has 0 atom stereocenters. The van der Waals surface area contributed by atoms with Gasteiger partial charge in [0.15, 0.2) is 0 Å². The minimum absolute atomic E-state index is 0.140. The van der Waals surface area contributed by atoms with E-state index in [-0.39, 0.29) is 21.2 Å². The van der Waals surface area contributed by atoms with Crippen LogP contribution in [0.1, 0.15) is 30.9 Å². The molecule has 0 aliphatic heterocycles. The molecule has 2 N–H and O–H groups in total. The van der Waals surface area contributed by atoms with E-state index in [2.05, 4.69) is 0 Å². The maximum Gasteiger partial charge on any atom is 0.144 e. The molecule has 2 nitrogen and oxygen atoms in total. The Kier molecular flexibility index (Phi) is 2.76. The Labute approximate surface area is 101 Å². The largest absolute Gasteiger partial charge is 0.389 e. The van der Waals surface area contributed by atoms with Gasteiger partial charge < -0.3 is 5.73 Å². The van der Waals surface area contributed by atoms with Crippen LogP contribution < -0.4 is 5.73 Å². The maximum absolute atomic E-state index is 13.8. The fourth-order valence-electron chi connectivity index (χ4n) is 1.92. The lowest BCUT2D eigenvalue weighted by Crippen LogP contribution is -1.97. The monoisotopic (exact) mass is 252 g/mol. The highest BCUT2D eigenvalue weighted by Gasteiger charge is 2.21. The van der Waals surface area contributed by atoms with E-state index in [0.29, 0.717) is 10.9 Å². The zero-order chi connectivity index (χ0) is 12.7. The van der Waals surface area contributed by atoms with Crippen molar-refractivity contribution in [3.05, 3.63) is 28.8 Å². The number of nitriles is 1. The third-order valence-electron chi connectivity index (χ3n) is 2.62. The molecule has 1 heterocycles. The lowest BCUT2D eigenvalue weighted by Gasteiger charge is -2.09. The number of nitrogens with zero attached hydrogens (tertiary/aromatic N) is 1. The van der Waals surface area contributed by atoms with Gasteiger partial charge in [-0.15, -0.1) is 11.3 Å². The van der Waals surface area contributed by atoms with Crippen LogP contribution in [0, 0.1) is 23.0 Å². The summed E-state index contributed by atoms with van der Waals surface area (Å²) < 4.78 is 27.7. The Morgan fingerprint density at radius 3 is 2.53 bits per heavy atom. The molecule has 88 valence electrons. The molecular weight excluding hydrogens is 242 g/mol. The highest BCUT2D eigenvalue weighted by Crippen LogP contribution is 2.40. The van der Waals surface area contributed by atoms with E-state index in [0.717, 1.165) is 17.4 Å². The van der Waals surface area contributed by atoms with Crippen molar-refractivity contribution in [2.75, 3.05) is 5.73 Å². The van der Waals surface area contributed by atoms with Crippen LogP contribution in [0.25, 0.3) is 10.1 Å². The fraction of sp³-hybridized carbons (Fsp3) is 0.250. The number of benzene rings is 1. The van der Waals surface area contributed by atoms with Crippen LogP contribution in [-0.4, -0.2) is 0 Å². The molecule has 1 aromatic heterocycles. The Morgan fingerprint density at radius 1 is 1.35 bits per heavy atom. The number of rotatable bonds is 1. The molecule has 0 saturated heterocycles. The first-order valence-electron chi connectivity index (χ1n) is 5.07. The van der Waals surface area contributed by atoms with E-state index in [1.54, 1.807) is 13.8 Å². The number of fused-ring (bicyclic) bond motifs is 1. The number of hydrogen-bond donors (Lipinski definition) is 1. The molecule has 0 amide bonds. The summed E-state index contributed by atoms with van der Waals surface area (Å²) in [6.45, 7) is 3.59. The lowest BCUT2D eigenvalue weighted by atomic mass is 9.96. The van der Waals surface area contributed by atoms with E-state index in [1.807, 2.05) is 6.07 Å². The molecule has 2 rings (SSSR count). The van der Waals surface area contributed by atoms with Crippen LogP contribution in [0.3, 0.4) is 0 Å². The van der Waals surface area contributed by atoms with E-state index < -0.39 is 11.6 Å². The summed E-state index contributed by atoms with van der Waals surface area (Å²) in [4.78, 5) is 0. The zero-order valence-corrected chi connectivity index (χ0v) is 10.2. The minimum atomic E-state index is -0.667. The minimum Gasteiger partial charge on any atom is -0.389 e. The Morgan fingerprint density at radius 2 is 2.00 bits per heavy atom. The smallest absolute Gasteiger partial charge is 0.144 e. The average molecular weight is 252 g/mol. The molecule has 17 heavy (non-hydrogen) atoms. The van der Waals surface area contributed by atoms with Gasteiger partial charge in [0.1, 0.15) is 22.7 Å². The first-order valence-corrected chi connectivity index (χ1v) is 5.89. The summed E-state index contributed by atoms with van der Waals surface area (Å²) in [7, 11) is 0. The van der Waals surface area contributed by atoms with Crippen molar-refractivity contribution in [1.82, 2.24) is 0 Å². The summed E-state index contributed by atoms with van der Waals surface area (Å²) >= 11 is 0.984. The van der Waals surface area contributed by atoms with Gasteiger partial charge in [-0.05, 0) is 5.92 Å². The molecule has 0 bridgehead atoms. The van der Waals surface area contributed by atoms with Crippen LogP contribution in [0.5, 0.6) is 0 Å². The molecule has 1 aromatic carbocycles. The predicted octanol–water partition coefficient (Wildman–Crippen LogP) is 3.76. The van der Waals surface area contributed by atoms with E-state index in [4.69, 9.17) is 11.0 Å². The number of halogens is 2. The van der Waals surface area contributed by atoms with Crippen LogP contribution >= 0.6 is 11.3 Å². The average Bonchev–Trinajstić information content (AvgIpc) is 2.54. The van der Waals surface area contributed by atoms with Gasteiger partial charge in [0.25, 0.3) is 0 Å². The van der Waals surface area contributed by atoms with Gasteiger partial charge in [0.05, 0.1) is 10.3 Å². The molecule has 0 spiro atoms. The van der Waals surface area contributed by atoms with Gasteiger partial charge in [0.2, 0.25) is 0 Å². The van der Waals surface area contributed by atoms with Crippen molar-refractivity contribution in [2.24, 2.45) is 0 Å². The number of nitrogens with two attached hydrogens (primary N) is 1. The molecule has 0 radical (unpaired) electrons. The molecule has 0 aliphatic rings. The summed E-state index contributed by atoms with van der Waals surface area (Å²) in [5.41, 5.74) is 6.18. The third kappa shape index (κ3) is 1.65. The molecule has 0 aliphatic carbocycles. The van der Waals surface area contributed by atoms with Gasteiger partial charge >= 0.3 is 0 Å². The number of hydrogen-bond acceptors (Lipinski definition) is 3. The van der Waals surface area contributed by atoms with E-state index >= 15 is 0 Å². The van der Waals surface area contributed by atoms with Gasteiger partial charge in [0, 0.05) is 17.0 Å². The van der Waals surface area contributed by atoms with Crippen molar-refractivity contribution in [3.63, 3.8) is 0 Å². The molecule has 2 aromatic rings. The van der Waals surface area contributed by atoms with Crippen LogP contribution in [0.4, 0.5) is 13.8 Å². The van der Waals surface area contributed by atoms with Crippen LogP contribution in [-0.2, 0) is 0 Å². The molecule has 5 heteroatoms. The van der Waals surface area contributed by atoms with Crippen LogP contribution in [0.15, 0.2) is 6.07 Å². The van der Waals surface area contributed by atoms with Gasteiger partial charge in [-0.2, -0.15) is 5.26 Å². The second-order valence-electron chi connectivity index (χ2n) is 4.07. The zero-order valence-electron chi connectivity index (χ0n) is 9.34. The Bertz CT molecular complexity index is 638. The quantitative estimate of drug-likeness (QED) is 0.840. The first-order chi connectivity index (χ1) is 7.97. The SMILES string of the molecule is CC(C)c1c(F)cc(F)c2sc(N)c(C#N)c12. The topological polar surface area (TPSA) is 49.8 Å². The first kappa shape index (κ1) is 11.8. The summed E-state index contributed by atoms with van der Waals surface area (Å²) in [5, 5.41) is 9.58. The van der Waals surface area contributed by atoms with Crippen molar-refractivity contribution in [2.45, 2.75) is 19.8 Å². The molecular formula is C12H10F2N2S. The van der Waals surface area contributed by atoms with Gasteiger partial charge in [-0.1, -0.05) is 13.8 Å². The maximum atomic E-state index is 13.8. The summed E-state index contributed by atoms with van der Waals surface area (Å²) in [6, 6.07) is 2.78. The van der Waals surface area contributed by atoms with E-state index in [1.165, 1.54) is 0 Å². The Hall–Kier alpha value is -1.67. The van der Waals surface area contributed by atoms with Crippen molar-refractivity contribution in [3.8, 4) is 6.07 Å². The fourth-order valence-corrected chi connectivity index (χ4v) is 2.86. The number of thiophene rings is 1. The van der Waals surface area contributed by atoms with Gasteiger partial charge in [-0.3, -0.25) is 0 Å². The van der Waals surface area contributed by atoms with Crippen molar-refractivity contribution < 1.29 is 8.78 Å². The number of anilines is 1. The Balaban J connectivity index is 3.03. The lowest BCUT2D eigenvalue weighted by molar-refractivity contribution is 0.575.